The zero-order valence-corrected chi connectivity index (χ0v) is 11.9. The summed E-state index contributed by atoms with van der Waals surface area (Å²) >= 11 is 1.53. The minimum Gasteiger partial charge on any atom is -0.472 e. The van der Waals surface area contributed by atoms with E-state index in [0.29, 0.717) is 19.0 Å². The molecule has 0 saturated carbocycles. The van der Waals surface area contributed by atoms with E-state index in [0.717, 1.165) is 29.2 Å². The van der Waals surface area contributed by atoms with Crippen LogP contribution in [0.15, 0.2) is 28.4 Å². The van der Waals surface area contributed by atoms with Gasteiger partial charge in [-0.15, -0.1) is 11.3 Å². The maximum absolute atomic E-state index is 11.9. The second kappa shape index (κ2) is 6.19. The van der Waals surface area contributed by atoms with Gasteiger partial charge in [0.15, 0.2) is 0 Å². The first-order chi connectivity index (χ1) is 9.81. The molecular weight excluding hydrogens is 274 g/mol. The first-order valence-corrected chi connectivity index (χ1v) is 7.66. The van der Waals surface area contributed by atoms with Gasteiger partial charge in [-0.25, -0.2) is 4.98 Å². The van der Waals surface area contributed by atoms with E-state index >= 15 is 0 Å². The quantitative estimate of drug-likeness (QED) is 0.881. The molecule has 106 valence electrons. The molecule has 1 saturated heterocycles. The zero-order valence-electron chi connectivity index (χ0n) is 11.1. The molecule has 3 heterocycles. The van der Waals surface area contributed by atoms with E-state index in [4.69, 9.17) is 4.42 Å². The maximum Gasteiger partial charge on any atom is 0.226 e. The van der Waals surface area contributed by atoms with Gasteiger partial charge in [0, 0.05) is 23.5 Å². The first kappa shape index (κ1) is 13.3. The van der Waals surface area contributed by atoms with Crippen molar-refractivity contribution < 1.29 is 9.21 Å². The summed E-state index contributed by atoms with van der Waals surface area (Å²) in [6, 6.07) is 2.30. The molecule has 0 bridgehead atoms. The summed E-state index contributed by atoms with van der Waals surface area (Å²) in [7, 11) is 0. The van der Waals surface area contributed by atoms with Gasteiger partial charge < -0.3 is 15.1 Å². The number of hydrogen-bond donors (Lipinski definition) is 2. The van der Waals surface area contributed by atoms with Crippen molar-refractivity contribution in [3.05, 3.63) is 29.7 Å². The monoisotopic (exact) mass is 291 g/mol. The van der Waals surface area contributed by atoms with Crippen molar-refractivity contribution in [1.29, 1.82) is 0 Å². The van der Waals surface area contributed by atoms with Crippen molar-refractivity contribution in [2.24, 2.45) is 0 Å². The summed E-state index contributed by atoms with van der Waals surface area (Å²) in [5.41, 5.74) is 1.76. The van der Waals surface area contributed by atoms with Crippen LogP contribution in [-0.4, -0.2) is 30.0 Å². The van der Waals surface area contributed by atoms with Crippen molar-refractivity contribution in [3.8, 4) is 10.6 Å². The van der Waals surface area contributed by atoms with Crippen LogP contribution in [0.3, 0.4) is 0 Å². The second-order valence-electron chi connectivity index (χ2n) is 4.93. The average molecular weight is 291 g/mol. The highest BCUT2D eigenvalue weighted by Gasteiger charge is 2.15. The minimum absolute atomic E-state index is 0.0303. The van der Waals surface area contributed by atoms with E-state index in [1.165, 1.54) is 17.8 Å². The molecule has 1 unspecified atom stereocenters. The van der Waals surface area contributed by atoms with Gasteiger partial charge >= 0.3 is 0 Å². The molecule has 1 fully saturated rings. The van der Waals surface area contributed by atoms with Crippen LogP contribution in [0.1, 0.15) is 18.5 Å². The Kier molecular flexibility index (Phi) is 4.13. The topological polar surface area (TPSA) is 67.2 Å². The Morgan fingerprint density at radius 1 is 1.60 bits per heavy atom. The smallest absolute Gasteiger partial charge is 0.226 e. The van der Waals surface area contributed by atoms with Gasteiger partial charge in [0.25, 0.3) is 0 Å². The number of rotatable bonds is 5. The Labute approximate surface area is 121 Å². The van der Waals surface area contributed by atoms with Crippen LogP contribution >= 0.6 is 11.3 Å². The van der Waals surface area contributed by atoms with Crippen LogP contribution in [0, 0.1) is 0 Å². The molecule has 2 aromatic heterocycles. The summed E-state index contributed by atoms with van der Waals surface area (Å²) in [5.74, 6) is 0.0303. The van der Waals surface area contributed by atoms with Crippen molar-refractivity contribution >= 4 is 17.2 Å². The highest BCUT2D eigenvalue weighted by molar-refractivity contribution is 7.13. The lowest BCUT2D eigenvalue weighted by Gasteiger charge is -2.10. The van der Waals surface area contributed by atoms with Crippen molar-refractivity contribution in [1.82, 2.24) is 15.6 Å². The minimum atomic E-state index is 0.0303. The second-order valence-corrected chi connectivity index (χ2v) is 5.79. The fourth-order valence-electron chi connectivity index (χ4n) is 2.30. The number of nitrogens with one attached hydrogen (secondary N) is 2. The fraction of sp³-hybridized carbons (Fsp3) is 0.429. The van der Waals surface area contributed by atoms with E-state index in [-0.39, 0.29) is 5.91 Å². The lowest BCUT2D eigenvalue weighted by Crippen LogP contribution is -2.37. The number of nitrogens with zero attached hydrogens (tertiary/aromatic N) is 1. The third-order valence-corrected chi connectivity index (χ3v) is 4.31. The molecule has 2 N–H and O–H groups in total. The van der Waals surface area contributed by atoms with Gasteiger partial charge in [0.1, 0.15) is 11.3 Å². The molecule has 0 aliphatic carbocycles. The number of thiazole rings is 1. The Morgan fingerprint density at radius 2 is 2.55 bits per heavy atom. The summed E-state index contributed by atoms with van der Waals surface area (Å²) < 4.78 is 5.04. The van der Waals surface area contributed by atoms with Crippen molar-refractivity contribution in [2.45, 2.75) is 25.3 Å². The van der Waals surface area contributed by atoms with E-state index in [2.05, 4.69) is 15.6 Å². The highest BCUT2D eigenvalue weighted by Crippen LogP contribution is 2.23. The standard InChI is InChI=1S/C14H17N3O2S/c18-13(16-7-11-2-1-4-15-11)6-12-9-20-14(17-12)10-3-5-19-8-10/h3,5,8-9,11,15H,1-2,4,6-7H2,(H,16,18). The fourth-order valence-corrected chi connectivity index (χ4v) is 3.11. The predicted molar refractivity (Wildman–Crippen MR) is 77.6 cm³/mol. The third-order valence-electron chi connectivity index (χ3n) is 3.37. The Morgan fingerprint density at radius 3 is 3.30 bits per heavy atom. The number of carbonyl (C=O) groups excluding carboxylic acids is 1. The van der Waals surface area contributed by atoms with Gasteiger partial charge in [-0.05, 0) is 25.5 Å². The lowest BCUT2D eigenvalue weighted by atomic mass is 10.2. The van der Waals surface area contributed by atoms with Crippen LogP contribution in [0.4, 0.5) is 0 Å². The molecule has 6 heteroatoms. The van der Waals surface area contributed by atoms with E-state index in [9.17, 15) is 4.79 Å². The van der Waals surface area contributed by atoms with E-state index < -0.39 is 0 Å². The molecule has 2 aromatic rings. The lowest BCUT2D eigenvalue weighted by molar-refractivity contribution is -0.120. The molecule has 1 aliphatic rings. The van der Waals surface area contributed by atoms with Gasteiger partial charge in [-0.2, -0.15) is 0 Å². The van der Waals surface area contributed by atoms with Gasteiger partial charge in [-0.3, -0.25) is 4.79 Å². The van der Waals surface area contributed by atoms with Gasteiger partial charge in [0.05, 0.1) is 18.4 Å². The largest absolute Gasteiger partial charge is 0.472 e. The van der Waals surface area contributed by atoms with Crippen molar-refractivity contribution in [3.63, 3.8) is 0 Å². The third kappa shape index (κ3) is 3.26. The first-order valence-electron chi connectivity index (χ1n) is 6.78. The Bertz CT molecular complexity index is 559. The molecule has 1 aliphatic heterocycles. The van der Waals surface area contributed by atoms with Crippen LogP contribution in [0.2, 0.25) is 0 Å². The number of carbonyl (C=O) groups is 1. The molecular formula is C14H17N3O2S. The predicted octanol–water partition coefficient (Wildman–Crippen LogP) is 1.81. The zero-order chi connectivity index (χ0) is 13.8. The molecule has 0 spiro atoms. The van der Waals surface area contributed by atoms with E-state index in [1.807, 2.05) is 11.4 Å². The van der Waals surface area contributed by atoms with Crippen LogP contribution < -0.4 is 10.6 Å². The summed E-state index contributed by atoms with van der Waals surface area (Å²) in [4.78, 5) is 16.3. The number of amides is 1. The molecule has 20 heavy (non-hydrogen) atoms. The summed E-state index contributed by atoms with van der Waals surface area (Å²) in [5, 5.41) is 9.14. The summed E-state index contributed by atoms with van der Waals surface area (Å²) in [6.07, 6.45) is 5.95. The van der Waals surface area contributed by atoms with Crippen LogP contribution in [0.25, 0.3) is 10.6 Å². The molecule has 0 aromatic carbocycles. The number of hydrogen-bond acceptors (Lipinski definition) is 5. The molecule has 1 atom stereocenters. The average Bonchev–Trinajstić information content (AvgIpc) is 3.18. The number of furan rings is 1. The Hall–Kier alpha value is -1.66. The van der Waals surface area contributed by atoms with Crippen LogP contribution in [-0.2, 0) is 11.2 Å². The van der Waals surface area contributed by atoms with Gasteiger partial charge in [0.2, 0.25) is 5.91 Å². The molecule has 3 rings (SSSR count). The summed E-state index contributed by atoms with van der Waals surface area (Å²) in [6.45, 7) is 1.76. The molecule has 1 amide bonds. The highest BCUT2D eigenvalue weighted by atomic mass is 32.1. The van der Waals surface area contributed by atoms with Crippen LogP contribution in [0.5, 0.6) is 0 Å². The Balaban J connectivity index is 1.51. The molecule has 0 radical (unpaired) electrons. The normalized spacial score (nSPS) is 18.3. The van der Waals surface area contributed by atoms with E-state index in [1.54, 1.807) is 12.5 Å². The SMILES string of the molecule is O=C(Cc1csc(-c2ccoc2)n1)NCC1CCCN1. The molecule has 5 nitrogen and oxygen atoms in total. The van der Waals surface area contributed by atoms with Gasteiger partial charge in [-0.1, -0.05) is 0 Å². The van der Waals surface area contributed by atoms with Crippen molar-refractivity contribution in [2.75, 3.05) is 13.1 Å². The maximum atomic E-state index is 11.9. The number of aromatic nitrogens is 1.